The number of carboxylic acid groups (broad SMARTS) is 1. The number of carboxylic acids is 1. The van der Waals surface area contributed by atoms with Gasteiger partial charge in [-0.3, -0.25) is 0 Å². The molecule has 0 aromatic rings. The summed E-state index contributed by atoms with van der Waals surface area (Å²) in [6.07, 6.45) is 0. The van der Waals surface area contributed by atoms with Crippen molar-refractivity contribution in [1.29, 1.82) is 0 Å². The lowest BCUT2D eigenvalue weighted by Crippen LogP contribution is -2.40. The SMILES string of the molecule is CC(C)CS(=O)(=O)C(F)(F)C(=O)O. The van der Waals surface area contributed by atoms with Crippen LogP contribution in [0, 0.1) is 5.92 Å². The lowest BCUT2D eigenvalue weighted by Gasteiger charge is -2.13. The largest absolute Gasteiger partial charge is 0.476 e. The van der Waals surface area contributed by atoms with Crippen molar-refractivity contribution in [1.82, 2.24) is 0 Å². The first-order chi connectivity index (χ1) is 5.61. The number of rotatable bonds is 4. The lowest BCUT2D eigenvalue weighted by molar-refractivity contribution is -0.153. The molecule has 7 heteroatoms. The average Bonchev–Trinajstić information content (AvgIpc) is 1.83. The van der Waals surface area contributed by atoms with Crippen LogP contribution in [0.4, 0.5) is 8.78 Å². The monoisotopic (exact) mass is 216 g/mol. The topological polar surface area (TPSA) is 71.4 Å². The smallest absolute Gasteiger partial charge is 0.439 e. The second kappa shape index (κ2) is 3.57. The molecule has 0 aromatic carbocycles. The Balaban J connectivity index is 4.95. The van der Waals surface area contributed by atoms with Gasteiger partial charge in [-0.1, -0.05) is 13.8 Å². The number of hydrogen-bond donors (Lipinski definition) is 1. The van der Waals surface area contributed by atoms with Crippen LogP contribution in [0.1, 0.15) is 13.8 Å². The molecule has 0 saturated carbocycles. The van der Waals surface area contributed by atoms with E-state index in [1.54, 1.807) is 0 Å². The minimum absolute atomic E-state index is 0.532. The van der Waals surface area contributed by atoms with Crippen LogP contribution in [0.15, 0.2) is 0 Å². The second-order valence-electron chi connectivity index (χ2n) is 3.00. The fourth-order valence-corrected chi connectivity index (χ4v) is 2.03. The number of carbonyl (C=O) groups is 1. The fourth-order valence-electron chi connectivity index (χ4n) is 0.677. The van der Waals surface area contributed by atoms with E-state index in [1.807, 2.05) is 0 Å². The van der Waals surface area contributed by atoms with Crippen LogP contribution in [0.2, 0.25) is 0 Å². The molecule has 0 amide bonds. The third-order valence-corrected chi connectivity index (χ3v) is 3.25. The maximum atomic E-state index is 12.5. The van der Waals surface area contributed by atoms with Crippen molar-refractivity contribution in [3.63, 3.8) is 0 Å². The molecule has 0 aliphatic heterocycles. The molecule has 0 saturated heterocycles. The maximum Gasteiger partial charge on any atom is 0.439 e. The predicted molar refractivity (Wildman–Crippen MR) is 41.2 cm³/mol. The Labute approximate surface area is 74.5 Å². The van der Waals surface area contributed by atoms with Crippen LogP contribution < -0.4 is 0 Å². The van der Waals surface area contributed by atoms with Gasteiger partial charge >= 0.3 is 11.2 Å². The van der Waals surface area contributed by atoms with Crippen LogP contribution in [0.3, 0.4) is 0 Å². The van der Waals surface area contributed by atoms with Gasteiger partial charge in [-0.05, 0) is 5.92 Å². The lowest BCUT2D eigenvalue weighted by atomic mass is 10.3. The summed E-state index contributed by atoms with van der Waals surface area (Å²) < 4.78 is 46.5. The first kappa shape index (κ1) is 12.3. The molecule has 0 aliphatic rings. The third kappa shape index (κ3) is 2.61. The van der Waals surface area contributed by atoms with E-state index in [9.17, 15) is 22.0 Å². The number of aliphatic carboxylic acids is 1. The molecular formula is C6H10F2O4S. The molecule has 0 aromatic heterocycles. The molecule has 0 spiro atoms. The molecule has 0 bridgehead atoms. The van der Waals surface area contributed by atoms with Crippen molar-refractivity contribution < 1.29 is 27.1 Å². The third-order valence-electron chi connectivity index (χ3n) is 1.19. The van der Waals surface area contributed by atoms with Crippen LogP contribution in [-0.2, 0) is 14.6 Å². The second-order valence-corrected chi connectivity index (χ2v) is 5.07. The predicted octanol–water partition coefficient (Wildman–Crippen LogP) is 0.735. The molecule has 4 nitrogen and oxygen atoms in total. The van der Waals surface area contributed by atoms with E-state index in [1.165, 1.54) is 13.8 Å². The summed E-state index contributed by atoms with van der Waals surface area (Å²) >= 11 is 0. The molecular weight excluding hydrogens is 206 g/mol. The minimum Gasteiger partial charge on any atom is -0.476 e. The van der Waals surface area contributed by atoms with Crippen LogP contribution in [0.5, 0.6) is 0 Å². The summed E-state index contributed by atoms with van der Waals surface area (Å²) in [5, 5.41) is 3.28. The highest BCUT2D eigenvalue weighted by molar-refractivity contribution is 7.93. The summed E-state index contributed by atoms with van der Waals surface area (Å²) in [5.41, 5.74) is 0. The highest BCUT2D eigenvalue weighted by Crippen LogP contribution is 2.24. The van der Waals surface area contributed by atoms with Crippen LogP contribution in [0.25, 0.3) is 0 Å². The summed E-state index contributed by atoms with van der Waals surface area (Å²) in [5.74, 6) is -4.00. The van der Waals surface area contributed by atoms with Crippen molar-refractivity contribution in [2.24, 2.45) is 5.92 Å². The van der Waals surface area contributed by atoms with Crippen molar-refractivity contribution in [3.8, 4) is 0 Å². The highest BCUT2D eigenvalue weighted by Gasteiger charge is 2.52. The van der Waals surface area contributed by atoms with Gasteiger partial charge in [-0.25, -0.2) is 13.2 Å². The average molecular weight is 216 g/mol. The zero-order valence-electron chi connectivity index (χ0n) is 7.12. The maximum absolute atomic E-state index is 12.5. The van der Waals surface area contributed by atoms with Crippen molar-refractivity contribution in [2.45, 2.75) is 19.1 Å². The Kier molecular flexibility index (Phi) is 3.37. The van der Waals surface area contributed by atoms with Gasteiger partial charge in [0, 0.05) is 0 Å². The molecule has 0 aliphatic carbocycles. The Bertz CT molecular complexity index is 294. The van der Waals surface area contributed by atoms with Gasteiger partial charge in [0.15, 0.2) is 0 Å². The molecule has 1 N–H and O–H groups in total. The first-order valence-corrected chi connectivity index (χ1v) is 5.10. The molecule has 0 heterocycles. The highest BCUT2D eigenvalue weighted by atomic mass is 32.2. The summed E-state index contributed by atoms with van der Waals surface area (Å²) in [6.45, 7) is 2.82. The summed E-state index contributed by atoms with van der Waals surface area (Å²) in [7, 11) is -4.89. The summed E-state index contributed by atoms with van der Waals surface area (Å²) in [4.78, 5) is 9.92. The van der Waals surface area contributed by atoms with E-state index in [0.29, 0.717) is 0 Å². The first-order valence-electron chi connectivity index (χ1n) is 3.44. The molecule has 0 fully saturated rings. The van der Waals surface area contributed by atoms with Crippen LogP contribution in [-0.4, -0.2) is 30.5 Å². The van der Waals surface area contributed by atoms with Gasteiger partial charge in [0.05, 0.1) is 5.75 Å². The Morgan fingerprint density at radius 1 is 1.46 bits per heavy atom. The Morgan fingerprint density at radius 2 is 1.85 bits per heavy atom. The Morgan fingerprint density at radius 3 is 2.08 bits per heavy atom. The van der Waals surface area contributed by atoms with Crippen molar-refractivity contribution >= 4 is 15.8 Å². The molecule has 13 heavy (non-hydrogen) atoms. The van der Waals surface area contributed by atoms with E-state index >= 15 is 0 Å². The fraction of sp³-hybridized carbons (Fsp3) is 0.833. The zero-order chi connectivity index (χ0) is 10.9. The standard InChI is InChI=1S/C6H10F2O4S/c1-4(2)3-13(11,12)6(7,8)5(9)10/h4H,3H2,1-2H3,(H,9,10). The normalized spacial score (nSPS) is 13.3. The van der Waals surface area contributed by atoms with Crippen LogP contribution >= 0.6 is 0 Å². The minimum atomic E-state index is -4.89. The molecule has 0 radical (unpaired) electrons. The molecule has 0 rings (SSSR count). The van der Waals surface area contributed by atoms with E-state index in [4.69, 9.17) is 5.11 Å². The van der Waals surface area contributed by atoms with Gasteiger partial charge in [0.25, 0.3) is 0 Å². The quantitative estimate of drug-likeness (QED) is 0.752. The van der Waals surface area contributed by atoms with Gasteiger partial charge < -0.3 is 5.11 Å². The van der Waals surface area contributed by atoms with Crippen molar-refractivity contribution in [2.75, 3.05) is 5.75 Å². The number of halogens is 2. The molecule has 0 atom stereocenters. The molecule has 0 unspecified atom stereocenters. The van der Waals surface area contributed by atoms with E-state index in [0.717, 1.165) is 0 Å². The van der Waals surface area contributed by atoms with E-state index in [2.05, 4.69) is 0 Å². The summed E-state index contributed by atoms with van der Waals surface area (Å²) in [6, 6.07) is 0. The van der Waals surface area contributed by atoms with E-state index < -0.39 is 32.7 Å². The zero-order valence-corrected chi connectivity index (χ0v) is 7.94. The van der Waals surface area contributed by atoms with Crippen molar-refractivity contribution in [3.05, 3.63) is 0 Å². The number of hydrogen-bond acceptors (Lipinski definition) is 3. The Hall–Kier alpha value is -0.720. The number of sulfone groups is 1. The van der Waals surface area contributed by atoms with Gasteiger partial charge in [-0.2, -0.15) is 8.78 Å². The van der Waals surface area contributed by atoms with Gasteiger partial charge in [0.2, 0.25) is 9.84 Å². The van der Waals surface area contributed by atoms with Gasteiger partial charge in [-0.15, -0.1) is 0 Å². The van der Waals surface area contributed by atoms with Gasteiger partial charge in [0.1, 0.15) is 0 Å². The molecule has 78 valence electrons. The number of alkyl halides is 2. The van der Waals surface area contributed by atoms with E-state index in [-0.39, 0.29) is 0 Å².